The molecule has 0 fully saturated rings. The molecule has 4 rings (SSSR count). The average molecular weight is 524 g/mol. The third-order valence-electron chi connectivity index (χ3n) is 5.54. The smallest absolute Gasteiger partial charge is 0.419 e. The third-order valence-corrected chi connectivity index (χ3v) is 7.95. The number of allylic oxidation sites excluding steroid dienone is 2. The first-order chi connectivity index (χ1) is 16.5. The van der Waals surface area contributed by atoms with Gasteiger partial charge >= 0.3 is 12.1 Å². The molecule has 0 atom stereocenters. The van der Waals surface area contributed by atoms with Crippen LogP contribution in [0.4, 0.5) is 17.6 Å². The molecule has 10 heteroatoms. The Morgan fingerprint density at radius 3 is 2.66 bits per heavy atom. The summed E-state index contributed by atoms with van der Waals surface area (Å²) in [6.45, 7) is 3.93. The number of fused-ring (bicyclic) bond motifs is 1. The van der Waals surface area contributed by atoms with E-state index in [9.17, 15) is 22.4 Å². The van der Waals surface area contributed by atoms with E-state index in [4.69, 9.17) is 9.84 Å². The molecule has 0 aliphatic carbocycles. The molecule has 0 radical (unpaired) electrons. The van der Waals surface area contributed by atoms with Crippen LogP contribution in [0, 0.1) is 19.7 Å². The van der Waals surface area contributed by atoms with Gasteiger partial charge in [0.1, 0.15) is 23.2 Å². The molecule has 3 aromatic rings. The summed E-state index contributed by atoms with van der Waals surface area (Å²) in [5.41, 5.74) is 1.62. The maximum absolute atomic E-state index is 14.0. The van der Waals surface area contributed by atoms with Crippen molar-refractivity contribution in [2.45, 2.75) is 50.8 Å². The molecule has 0 saturated carbocycles. The maximum Gasteiger partial charge on any atom is 0.419 e. The van der Waals surface area contributed by atoms with Gasteiger partial charge in [-0.25, -0.2) is 9.37 Å². The minimum atomic E-state index is -4.75. The topological polar surface area (TPSA) is 59.4 Å². The standard InChI is InChI=1S/C25H21F4NO3S2/c1-13-3-9-20-17(7-5-16(34-20)6-10-22(31)32)23(13)33-12-21-14(2)30-24(35-21)15-4-8-18(19(26)11-15)25(27,28)29/h3-5,8-9,11H,6-7,10,12H2,1-2H3,(H,31,32). The van der Waals surface area contributed by atoms with Crippen LogP contribution in [0.2, 0.25) is 0 Å². The number of aliphatic carboxylic acids is 1. The Morgan fingerprint density at radius 2 is 1.97 bits per heavy atom. The summed E-state index contributed by atoms with van der Waals surface area (Å²) >= 11 is 2.79. The fraction of sp³-hybridized carbons (Fsp3) is 0.280. The summed E-state index contributed by atoms with van der Waals surface area (Å²) in [4.78, 5) is 18.1. The predicted octanol–water partition coefficient (Wildman–Crippen LogP) is 7.56. The number of carbonyl (C=O) groups is 1. The molecule has 0 bridgehead atoms. The summed E-state index contributed by atoms with van der Waals surface area (Å²) in [6.07, 6.45) is -1.53. The van der Waals surface area contributed by atoms with Gasteiger partial charge in [-0.2, -0.15) is 13.2 Å². The van der Waals surface area contributed by atoms with Gasteiger partial charge in [-0.15, -0.1) is 11.3 Å². The highest BCUT2D eigenvalue weighted by molar-refractivity contribution is 8.03. The van der Waals surface area contributed by atoms with Crippen molar-refractivity contribution in [1.29, 1.82) is 0 Å². The lowest BCUT2D eigenvalue weighted by molar-refractivity contribution is -0.140. The van der Waals surface area contributed by atoms with Crippen molar-refractivity contribution in [1.82, 2.24) is 4.98 Å². The number of hydrogen-bond acceptors (Lipinski definition) is 5. The number of benzene rings is 2. The Kier molecular flexibility index (Phi) is 7.23. The van der Waals surface area contributed by atoms with Gasteiger partial charge in [0.05, 0.1) is 16.1 Å². The van der Waals surface area contributed by atoms with Gasteiger partial charge in [-0.3, -0.25) is 4.79 Å². The molecule has 184 valence electrons. The number of ether oxygens (including phenoxy) is 1. The second-order valence-corrected chi connectivity index (χ2v) is 10.3. The molecular weight excluding hydrogens is 502 g/mol. The number of hydrogen-bond donors (Lipinski definition) is 1. The van der Waals surface area contributed by atoms with Crippen molar-refractivity contribution in [3.63, 3.8) is 0 Å². The molecule has 1 aliphatic heterocycles. The van der Waals surface area contributed by atoms with Crippen molar-refractivity contribution in [3.05, 3.63) is 74.4 Å². The highest BCUT2D eigenvalue weighted by Gasteiger charge is 2.34. The van der Waals surface area contributed by atoms with Crippen molar-refractivity contribution < 1.29 is 32.2 Å². The lowest BCUT2D eigenvalue weighted by Crippen LogP contribution is -2.07. The molecule has 0 saturated heterocycles. The highest BCUT2D eigenvalue weighted by Crippen LogP contribution is 2.43. The number of thioether (sulfide) groups is 1. The van der Waals surface area contributed by atoms with Gasteiger partial charge in [0.2, 0.25) is 0 Å². The Labute approximate surface area is 207 Å². The second kappa shape index (κ2) is 10.0. The van der Waals surface area contributed by atoms with Crippen LogP contribution in [0.15, 0.2) is 46.2 Å². The molecule has 2 heterocycles. The Bertz CT molecular complexity index is 1310. The number of rotatable bonds is 7. The van der Waals surface area contributed by atoms with Crippen LogP contribution in [0.5, 0.6) is 5.75 Å². The van der Waals surface area contributed by atoms with Gasteiger partial charge in [0, 0.05) is 22.4 Å². The second-order valence-electron chi connectivity index (χ2n) is 8.07. The fourth-order valence-electron chi connectivity index (χ4n) is 3.70. The summed E-state index contributed by atoms with van der Waals surface area (Å²) in [6, 6.07) is 6.77. The Hall–Kier alpha value is -2.85. The molecule has 1 aromatic heterocycles. The molecule has 2 aromatic carbocycles. The highest BCUT2D eigenvalue weighted by atomic mass is 32.2. The number of alkyl halides is 3. The van der Waals surface area contributed by atoms with Gasteiger partial charge in [0.15, 0.2) is 0 Å². The third kappa shape index (κ3) is 5.70. The van der Waals surface area contributed by atoms with Crippen LogP contribution in [0.3, 0.4) is 0 Å². The largest absolute Gasteiger partial charge is 0.487 e. The lowest BCUT2D eigenvalue weighted by Gasteiger charge is -2.21. The number of thiazole rings is 1. The number of aryl methyl sites for hydroxylation is 2. The zero-order chi connectivity index (χ0) is 25.3. The van der Waals surface area contributed by atoms with E-state index in [2.05, 4.69) is 4.98 Å². The van der Waals surface area contributed by atoms with Crippen molar-refractivity contribution in [2.75, 3.05) is 0 Å². The van der Waals surface area contributed by atoms with Crippen molar-refractivity contribution in [3.8, 4) is 16.3 Å². The first kappa shape index (κ1) is 25.2. The Balaban J connectivity index is 1.51. The molecule has 35 heavy (non-hydrogen) atoms. The van der Waals surface area contributed by atoms with Crippen molar-refractivity contribution in [2.24, 2.45) is 0 Å². The quantitative estimate of drug-likeness (QED) is 0.324. The molecule has 1 aliphatic rings. The van der Waals surface area contributed by atoms with E-state index in [0.717, 1.165) is 43.7 Å². The van der Waals surface area contributed by atoms with E-state index in [1.54, 1.807) is 18.7 Å². The normalized spacial score (nSPS) is 13.4. The number of halogens is 4. The van der Waals surface area contributed by atoms with E-state index in [1.807, 2.05) is 25.1 Å². The van der Waals surface area contributed by atoms with Crippen LogP contribution < -0.4 is 4.74 Å². The van der Waals surface area contributed by atoms with E-state index in [1.165, 1.54) is 17.4 Å². The van der Waals surface area contributed by atoms with Gasteiger partial charge in [-0.05, 0) is 55.4 Å². The minimum Gasteiger partial charge on any atom is -0.487 e. The number of aromatic nitrogens is 1. The minimum absolute atomic E-state index is 0.0825. The molecule has 0 amide bonds. The molecule has 4 nitrogen and oxygen atoms in total. The van der Waals surface area contributed by atoms with E-state index in [0.29, 0.717) is 23.5 Å². The van der Waals surface area contributed by atoms with Crippen LogP contribution in [-0.4, -0.2) is 16.1 Å². The van der Waals surface area contributed by atoms with Crippen LogP contribution in [-0.2, 0) is 24.0 Å². The van der Waals surface area contributed by atoms with Gasteiger partial charge in [0.25, 0.3) is 0 Å². The van der Waals surface area contributed by atoms with E-state index < -0.39 is 23.5 Å². The molecule has 1 N–H and O–H groups in total. The summed E-state index contributed by atoms with van der Waals surface area (Å²) in [7, 11) is 0. The zero-order valence-electron chi connectivity index (χ0n) is 18.8. The van der Waals surface area contributed by atoms with E-state index >= 15 is 0 Å². The molecule has 0 unspecified atom stereocenters. The van der Waals surface area contributed by atoms with Crippen LogP contribution >= 0.6 is 23.1 Å². The number of carboxylic acid groups (broad SMARTS) is 1. The summed E-state index contributed by atoms with van der Waals surface area (Å²) < 4.78 is 58.8. The zero-order valence-corrected chi connectivity index (χ0v) is 20.5. The van der Waals surface area contributed by atoms with Crippen LogP contribution in [0.1, 0.15) is 40.1 Å². The summed E-state index contributed by atoms with van der Waals surface area (Å²) in [5.74, 6) is -1.41. The monoisotopic (exact) mass is 523 g/mol. The van der Waals surface area contributed by atoms with Gasteiger partial charge in [-0.1, -0.05) is 30.0 Å². The SMILES string of the molecule is Cc1ccc2c(c1OCc1sc(-c3ccc(C(F)(F)F)c(F)c3)nc1C)CC=C(CCC(=O)O)S2. The molecular formula is C25H21F4NO3S2. The fourth-order valence-corrected chi connectivity index (χ4v) is 5.76. The first-order valence-electron chi connectivity index (χ1n) is 10.7. The van der Waals surface area contributed by atoms with E-state index in [-0.39, 0.29) is 18.6 Å². The van der Waals surface area contributed by atoms with Crippen LogP contribution in [0.25, 0.3) is 10.6 Å². The number of carboxylic acids is 1. The maximum atomic E-state index is 14.0. The lowest BCUT2D eigenvalue weighted by atomic mass is 10.1. The molecule has 0 spiro atoms. The number of nitrogens with zero attached hydrogens (tertiary/aromatic N) is 1. The predicted molar refractivity (Wildman–Crippen MR) is 127 cm³/mol. The van der Waals surface area contributed by atoms with Gasteiger partial charge < -0.3 is 9.84 Å². The summed E-state index contributed by atoms with van der Waals surface area (Å²) in [5, 5.41) is 9.35. The Morgan fingerprint density at radius 1 is 1.20 bits per heavy atom. The van der Waals surface area contributed by atoms with Crippen molar-refractivity contribution >= 4 is 29.1 Å². The average Bonchev–Trinajstić information content (AvgIpc) is 3.16. The first-order valence-corrected chi connectivity index (χ1v) is 12.3.